The maximum Gasteiger partial charge on any atom is 0.338 e. The van der Waals surface area contributed by atoms with E-state index in [1.54, 1.807) is 18.2 Å². The predicted octanol–water partition coefficient (Wildman–Crippen LogP) is 2.54. The second kappa shape index (κ2) is 6.38. The van der Waals surface area contributed by atoms with Crippen LogP contribution in [0.25, 0.3) is 0 Å². The third kappa shape index (κ3) is 3.27. The van der Waals surface area contributed by atoms with E-state index in [0.717, 1.165) is 10.8 Å². The van der Waals surface area contributed by atoms with E-state index in [0.29, 0.717) is 16.3 Å². The number of ether oxygens (including phenoxy) is 1. The Morgan fingerprint density at radius 3 is 2.90 bits per heavy atom. The molecule has 2 rings (SSSR count). The molecule has 1 aromatic carbocycles. The molecule has 0 aliphatic heterocycles. The lowest BCUT2D eigenvalue weighted by Gasteiger charge is -2.08. The van der Waals surface area contributed by atoms with Gasteiger partial charge in [0.15, 0.2) is 6.20 Å². The normalized spacial score (nSPS) is 10.3. The van der Waals surface area contributed by atoms with E-state index in [2.05, 4.69) is 4.74 Å². The third-order valence-electron chi connectivity index (χ3n) is 2.64. The lowest BCUT2D eigenvalue weighted by Crippen LogP contribution is -2.27. The molecule has 104 valence electrons. The Morgan fingerprint density at radius 2 is 2.20 bits per heavy atom. The van der Waals surface area contributed by atoms with Crippen molar-refractivity contribution < 1.29 is 18.7 Å². The van der Waals surface area contributed by atoms with Crippen LogP contribution in [0.5, 0.6) is 0 Å². The molecule has 0 amide bonds. The number of nitrogens with zero attached hydrogens (tertiary/aromatic N) is 1. The number of pyridine rings is 1. The van der Waals surface area contributed by atoms with Crippen LogP contribution in [0.2, 0.25) is 0 Å². The number of methoxy groups -OCH3 is 1. The van der Waals surface area contributed by atoms with Crippen LogP contribution in [-0.2, 0) is 10.5 Å². The summed E-state index contributed by atoms with van der Waals surface area (Å²) in [5.74, 6) is -0.724. The highest BCUT2D eigenvalue weighted by atomic mass is 32.2. The van der Waals surface area contributed by atoms with Gasteiger partial charge in [-0.2, -0.15) is 4.73 Å². The van der Waals surface area contributed by atoms with Gasteiger partial charge in [0.25, 0.3) is 5.03 Å². The van der Waals surface area contributed by atoms with E-state index in [4.69, 9.17) is 0 Å². The molecule has 0 atom stereocenters. The lowest BCUT2D eigenvalue weighted by molar-refractivity contribution is -0.645. The van der Waals surface area contributed by atoms with Crippen molar-refractivity contribution in [1.82, 2.24) is 0 Å². The molecule has 0 saturated heterocycles. The number of esters is 1. The molecule has 4 nitrogen and oxygen atoms in total. The number of halogens is 1. The van der Waals surface area contributed by atoms with Crippen LogP contribution in [0.3, 0.4) is 0 Å². The molecular weight excluding hydrogens is 281 g/mol. The van der Waals surface area contributed by atoms with Gasteiger partial charge in [0.2, 0.25) is 0 Å². The summed E-state index contributed by atoms with van der Waals surface area (Å²) >= 11 is 1.27. The van der Waals surface area contributed by atoms with Crippen molar-refractivity contribution in [3.05, 3.63) is 64.7 Å². The van der Waals surface area contributed by atoms with Crippen LogP contribution >= 0.6 is 11.8 Å². The lowest BCUT2D eigenvalue weighted by atomic mass is 10.1. The number of carbonyl (C=O) groups is 1. The van der Waals surface area contributed by atoms with Gasteiger partial charge in [-0.25, -0.2) is 9.18 Å². The zero-order chi connectivity index (χ0) is 14.5. The molecule has 0 aliphatic rings. The SMILES string of the molecule is COC(=O)c1cc(F)ccc1CSc1cccc[n+]1[O-]. The van der Waals surface area contributed by atoms with Crippen molar-refractivity contribution in [2.24, 2.45) is 0 Å². The first-order valence-electron chi connectivity index (χ1n) is 5.79. The largest absolute Gasteiger partial charge is 0.618 e. The van der Waals surface area contributed by atoms with Crippen LogP contribution in [0.1, 0.15) is 15.9 Å². The smallest absolute Gasteiger partial charge is 0.338 e. The van der Waals surface area contributed by atoms with Gasteiger partial charge in [0.1, 0.15) is 5.82 Å². The average Bonchev–Trinajstić information content (AvgIpc) is 2.46. The van der Waals surface area contributed by atoms with Gasteiger partial charge in [0.05, 0.1) is 12.7 Å². The first-order chi connectivity index (χ1) is 9.61. The molecule has 1 heterocycles. The minimum atomic E-state index is -0.594. The Balaban J connectivity index is 2.21. The number of hydrogen-bond acceptors (Lipinski definition) is 4. The first-order valence-corrected chi connectivity index (χ1v) is 6.78. The summed E-state index contributed by atoms with van der Waals surface area (Å²) < 4.78 is 18.6. The number of benzene rings is 1. The van der Waals surface area contributed by atoms with Crippen LogP contribution in [0.4, 0.5) is 4.39 Å². The van der Waals surface area contributed by atoms with Crippen molar-refractivity contribution in [2.45, 2.75) is 10.8 Å². The van der Waals surface area contributed by atoms with E-state index >= 15 is 0 Å². The van der Waals surface area contributed by atoms with Crippen molar-refractivity contribution >= 4 is 17.7 Å². The van der Waals surface area contributed by atoms with Crippen LogP contribution in [-0.4, -0.2) is 13.1 Å². The van der Waals surface area contributed by atoms with Gasteiger partial charge >= 0.3 is 5.97 Å². The maximum absolute atomic E-state index is 13.2. The highest BCUT2D eigenvalue weighted by molar-refractivity contribution is 7.98. The van der Waals surface area contributed by atoms with Crippen LogP contribution < -0.4 is 4.73 Å². The minimum Gasteiger partial charge on any atom is -0.618 e. The predicted molar refractivity (Wildman–Crippen MR) is 72.7 cm³/mol. The van der Waals surface area contributed by atoms with E-state index in [-0.39, 0.29) is 5.56 Å². The van der Waals surface area contributed by atoms with Gasteiger partial charge in [0, 0.05) is 17.9 Å². The molecule has 0 N–H and O–H groups in total. The quantitative estimate of drug-likeness (QED) is 0.376. The molecule has 0 radical (unpaired) electrons. The fourth-order valence-corrected chi connectivity index (χ4v) is 2.57. The topological polar surface area (TPSA) is 53.2 Å². The fourth-order valence-electron chi connectivity index (χ4n) is 1.65. The highest BCUT2D eigenvalue weighted by Crippen LogP contribution is 2.23. The Hall–Kier alpha value is -2.08. The number of aromatic nitrogens is 1. The summed E-state index contributed by atoms with van der Waals surface area (Å²) in [4.78, 5) is 11.6. The molecule has 0 unspecified atom stereocenters. The van der Waals surface area contributed by atoms with Gasteiger partial charge in [-0.3, -0.25) is 0 Å². The molecule has 0 spiro atoms. The van der Waals surface area contributed by atoms with Crippen LogP contribution in [0.15, 0.2) is 47.6 Å². The van der Waals surface area contributed by atoms with Gasteiger partial charge in [-0.1, -0.05) is 17.8 Å². The Morgan fingerprint density at radius 1 is 1.40 bits per heavy atom. The summed E-state index contributed by atoms with van der Waals surface area (Å²) in [6.07, 6.45) is 1.40. The second-order valence-electron chi connectivity index (χ2n) is 3.95. The highest BCUT2D eigenvalue weighted by Gasteiger charge is 2.14. The van der Waals surface area contributed by atoms with Gasteiger partial charge in [-0.15, -0.1) is 0 Å². The fraction of sp³-hybridized carbons (Fsp3) is 0.143. The summed E-state index contributed by atoms with van der Waals surface area (Å²) in [6.45, 7) is 0. The molecular formula is C14H12FNO3S. The Labute approximate surface area is 119 Å². The summed E-state index contributed by atoms with van der Waals surface area (Å²) in [6, 6.07) is 9.00. The number of carbonyl (C=O) groups excluding carboxylic acids is 1. The average molecular weight is 293 g/mol. The summed E-state index contributed by atoms with van der Waals surface area (Å²) in [7, 11) is 1.24. The monoisotopic (exact) mass is 293 g/mol. The first kappa shape index (κ1) is 14.3. The summed E-state index contributed by atoms with van der Waals surface area (Å²) in [5.41, 5.74) is 0.792. The Bertz CT molecular complexity index is 634. The van der Waals surface area contributed by atoms with Gasteiger partial charge < -0.3 is 9.94 Å². The van der Waals surface area contributed by atoms with Crippen molar-refractivity contribution in [2.75, 3.05) is 7.11 Å². The standard InChI is InChI=1S/C14H12FNO3S/c1-19-14(17)12-8-11(15)6-5-10(12)9-20-13-4-2-3-7-16(13)18/h2-8H,9H2,1H3. The van der Waals surface area contributed by atoms with Crippen molar-refractivity contribution in [3.63, 3.8) is 0 Å². The van der Waals surface area contributed by atoms with Crippen molar-refractivity contribution in [3.8, 4) is 0 Å². The van der Waals surface area contributed by atoms with Crippen molar-refractivity contribution in [1.29, 1.82) is 0 Å². The van der Waals surface area contributed by atoms with E-state index in [1.165, 1.54) is 37.2 Å². The molecule has 2 aromatic rings. The van der Waals surface area contributed by atoms with E-state index < -0.39 is 11.8 Å². The van der Waals surface area contributed by atoms with Crippen LogP contribution in [0, 0.1) is 11.0 Å². The Kier molecular flexibility index (Phi) is 4.57. The number of thioether (sulfide) groups is 1. The van der Waals surface area contributed by atoms with E-state index in [1.807, 2.05) is 0 Å². The molecule has 6 heteroatoms. The van der Waals surface area contributed by atoms with E-state index in [9.17, 15) is 14.4 Å². The molecule has 1 aromatic heterocycles. The number of hydrogen-bond donors (Lipinski definition) is 0. The molecule has 0 fully saturated rings. The zero-order valence-corrected chi connectivity index (χ0v) is 11.5. The maximum atomic E-state index is 13.2. The summed E-state index contributed by atoms with van der Waals surface area (Å²) in [5, 5.41) is 12.0. The zero-order valence-electron chi connectivity index (χ0n) is 10.7. The molecule has 0 bridgehead atoms. The molecule has 0 aliphatic carbocycles. The number of rotatable bonds is 4. The molecule has 20 heavy (non-hydrogen) atoms. The van der Waals surface area contributed by atoms with Gasteiger partial charge in [-0.05, 0) is 23.8 Å². The molecule has 0 saturated carbocycles. The second-order valence-corrected chi connectivity index (χ2v) is 4.94. The minimum absolute atomic E-state index is 0.174. The third-order valence-corrected chi connectivity index (χ3v) is 3.71.